The minimum atomic E-state index is -0.00476. The molecule has 0 radical (unpaired) electrons. The Bertz CT molecular complexity index is 628. The van der Waals surface area contributed by atoms with E-state index in [-0.39, 0.29) is 13.2 Å². The number of anilines is 2. The summed E-state index contributed by atoms with van der Waals surface area (Å²) < 4.78 is 5.24. The van der Waals surface area contributed by atoms with Gasteiger partial charge in [-0.05, 0) is 29.7 Å². The van der Waals surface area contributed by atoms with E-state index < -0.39 is 0 Å². The molecule has 3 rings (SSSR count). The third kappa shape index (κ3) is 3.31. The zero-order chi connectivity index (χ0) is 15.4. The molecule has 0 aliphatic carbocycles. The molecule has 2 N–H and O–H groups in total. The quantitative estimate of drug-likeness (QED) is 0.855. The SMILES string of the molecule is CN1CCc2cc(CNc3ccc(OCCO)nc3)ccc21. The molecule has 0 bridgehead atoms. The van der Waals surface area contributed by atoms with Crippen molar-refractivity contribution in [1.82, 2.24) is 4.98 Å². The van der Waals surface area contributed by atoms with Crippen LogP contribution in [0.25, 0.3) is 0 Å². The van der Waals surface area contributed by atoms with Crippen LogP contribution in [0.4, 0.5) is 11.4 Å². The number of nitrogens with zero attached hydrogens (tertiary/aromatic N) is 2. The average Bonchev–Trinajstić information content (AvgIpc) is 2.93. The summed E-state index contributed by atoms with van der Waals surface area (Å²) in [4.78, 5) is 6.49. The Balaban J connectivity index is 1.58. The fraction of sp³-hybridized carbons (Fsp3) is 0.353. The highest BCUT2D eigenvalue weighted by Gasteiger charge is 2.15. The van der Waals surface area contributed by atoms with Crippen LogP contribution in [0.5, 0.6) is 5.88 Å². The highest BCUT2D eigenvalue weighted by Crippen LogP contribution is 2.27. The van der Waals surface area contributed by atoms with Crippen LogP contribution in [0.3, 0.4) is 0 Å². The standard InChI is InChI=1S/C17H21N3O2/c1-20-7-6-14-10-13(2-4-16(14)20)11-18-15-3-5-17(19-12-15)22-9-8-21/h2-5,10,12,18,21H,6-9,11H2,1H3. The number of hydrogen-bond donors (Lipinski definition) is 2. The summed E-state index contributed by atoms with van der Waals surface area (Å²) in [7, 11) is 2.13. The van der Waals surface area contributed by atoms with Gasteiger partial charge in [0.05, 0.1) is 18.5 Å². The van der Waals surface area contributed by atoms with Crippen molar-refractivity contribution in [2.45, 2.75) is 13.0 Å². The molecule has 0 saturated heterocycles. The number of hydrogen-bond acceptors (Lipinski definition) is 5. The number of benzene rings is 1. The maximum absolute atomic E-state index is 8.71. The van der Waals surface area contributed by atoms with Crippen LogP contribution < -0.4 is 15.0 Å². The number of fused-ring (bicyclic) bond motifs is 1. The Labute approximate surface area is 130 Å². The summed E-state index contributed by atoms with van der Waals surface area (Å²) in [5.41, 5.74) is 4.99. The van der Waals surface area contributed by atoms with Crippen LogP contribution in [0.15, 0.2) is 36.5 Å². The van der Waals surface area contributed by atoms with Gasteiger partial charge in [-0.15, -0.1) is 0 Å². The number of nitrogens with one attached hydrogen (secondary N) is 1. The van der Waals surface area contributed by atoms with E-state index in [9.17, 15) is 0 Å². The van der Waals surface area contributed by atoms with Crippen LogP contribution in [0, 0.1) is 0 Å². The van der Waals surface area contributed by atoms with Crippen molar-refractivity contribution in [2.75, 3.05) is 37.0 Å². The van der Waals surface area contributed by atoms with E-state index in [0.29, 0.717) is 5.88 Å². The summed E-state index contributed by atoms with van der Waals surface area (Å²) in [5.74, 6) is 0.528. The molecule has 1 aromatic heterocycles. The Kier molecular flexibility index (Phi) is 4.44. The zero-order valence-electron chi connectivity index (χ0n) is 12.7. The van der Waals surface area contributed by atoms with Gasteiger partial charge in [-0.25, -0.2) is 4.98 Å². The molecule has 1 aliphatic heterocycles. The number of aromatic nitrogens is 1. The third-order valence-corrected chi connectivity index (χ3v) is 3.85. The van der Waals surface area contributed by atoms with Gasteiger partial charge in [0.1, 0.15) is 6.61 Å². The second-order valence-electron chi connectivity index (χ2n) is 5.45. The fourth-order valence-corrected chi connectivity index (χ4v) is 2.65. The van der Waals surface area contributed by atoms with E-state index >= 15 is 0 Å². The topological polar surface area (TPSA) is 57.6 Å². The van der Waals surface area contributed by atoms with Gasteiger partial charge in [0.25, 0.3) is 0 Å². The summed E-state index contributed by atoms with van der Waals surface area (Å²) in [6.45, 7) is 2.14. The first-order valence-electron chi connectivity index (χ1n) is 7.53. The van der Waals surface area contributed by atoms with Gasteiger partial charge in [-0.2, -0.15) is 0 Å². The van der Waals surface area contributed by atoms with Crippen molar-refractivity contribution in [3.05, 3.63) is 47.7 Å². The summed E-state index contributed by atoms with van der Waals surface area (Å²) in [6.07, 6.45) is 2.87. The number of aliphatic hydroxyl groups is 1. The first-order valence-corrected chi connectivity index (χ1v) is 7.53. The third-order valence-electron chi connectivity index (χ3n) is 3.85. The van der Waals surface area contributed by atoms with Crippen molar-refractivity contribution in [3.63, 3.8) is 0 Å². The van der Waals surface area contributed by atoms with Crippen molar-refractivity contribution >= 4 is 11.4 Å². The van der Waals surface area contributed by atoms with Crippen molar-refractivity contribution in [2.24, 2.45) is 0 Å². The molecule has 22 heavy (non-hydrogen) atoms. The maximum Gasteiger partial charge on any atom is 0.213 e. The number of ether oxygens (including phenoxy) is 1. The summed E-state index contributed by atoms with van der Waals surface area (Å²) in [6, 6.07) is 10.4. The second kappa shape index (κ2) is 6.66. The van der Waals surface area contributed by atoms with E-state index in [4.69, 9.17) is 9.84 Å². The molecule has 0 unspecified atom stereocenters. The Morgan fingerprint density at radius 2 is 2.23 bits per heavy atom. The molecule has 2 heterocycles. The molecule has 1 aromatic carbocycles. The Morgan fingerprint density at radius 1 is 1.32 bits per heavy atom. The maximum atomic E-state index is 8.71. The average molecular weight is 299 g/mol. The predicted octanol–water partition coefficient (Wildman–Crippen LogP) is 2.06. The summed E-state index contributed by atoms with van der Waals surface area (Å²) in [5, 5.41) is 12.1. The van der Waals surface area contributed by atoms with E-state index in [1.165, 1.54) is 16.8 Å². The molecular formula is C17H21N3O2. The van der Waals surface area contributed by atoms with Crippen molar-refractivity contribution in [1.29, 1.82) is 0 Å². The predicted molar refractivity (Wildman–Crippen MR) is 87.6 cm³/mol. The minimum Gasteiger partial charge on any atom is -0.475 e. The lowest BCUT2D eigenvalue weighted by molar-refractivity contribution is 0.196. The Morgan fingerprint density at radius 3 is 3.00 bits per heavy atom. The lowest BCUT2D eigenvalue weighted by Crippen LogP contribution is -2.12. The Hall–Kier alpha value is -2.27. The smallest absolute Gasteiger partial charge is 0.213 e. The molecule has 0 spiro atoms. The molecular weight excluding hydrogens is 278 g/mol. The fourth-order valence-electron chi connectivity index (χ4n) is 2.65. The number of rotatable bonds is 6. The van der Waals surface area contributed by atoms with Gasteiger partial charge in [-0.1, -0.05) is 12.1 Å². The van der Waals surface area contributed by atoms with Gasteiger partial charge in [0.15, 0.2) is 0 Å². The van der Waals surface area contributed by atoms with E-state index in [0.717, 1.165) is 25.2 Å². The van der Waals surface area contributed by atoms with Crippen molar-refractivity contribution < 1.29 is 9.84 Å². The first kappa shape index (κ1) is 14.7. The van der Waals surface area contributed by atoms with E-state index in [1.807, 2.05) is 6.07 Å². The van der Waals surface area contributed by atoms with Crippen LogP contribution in [-0.2, 0) is 13.0 Å². The van der Waals surface area contributed by atoms with Crippen LogP contribution in [0.2, 0.25) is 0 Å². The van der Waals surface area contributed by atoms with Gasteiger partial charge < -0.3 is 20.1 Å². The first-order chi connectivity index (χ1) is 10.8. The zero-order valence-corrected chi connectivity index (χ0v) is 12.7. The number of aliphatic hydroxyl groups excluding tert-OH is 1. The number of pyridine rings is 1. The van der Waals surface area contributed by atoms with Crippen LogP contribution in [-0.4, -0.2) is 36.9 Å². The summed E-state index contributed by atoms with van der Waals surface area (Å²) >= 11 is 0. The molecule has 2 aromatic rings. The molecule has 5 nitrogen and oxygen atoms in total. The van der Waals surface area contributed by atoms with Gasteiger partial charge in [0.2, 0.25) is 5.88 Å². The van der Waals surface area contributed by atoms with Crippen molar-refractivity contribution in [3.8, 4) is 5.88 Å². The van der Waals surface area contributed by atoms with Crippen LogP contribution >= 0.6 is 0 Å². The molecule has 116 valence electrons. The van der Waals surface area contributed by atoms with Gasteiger partial charge >= 0.3 is 0 Å². The number of likely N-dealkylation sites (N-methyl/N-ethyl adjacent to an activating group) is 1. The van der Waals surface area contributed by atoms with Crippen LogP contribution in [0.1, 0.15) is 11.1 Å². The van der Waals surface area contributed by atoms with Gasteiger partial charge in [-0.3, -0.25) is 0 Å². The largest absolute Gasteiger partial charge is 0.475 e. The molecule has 5 heteroatoms. The highest BCUT2D eigenvalue weighted by atomic mass is 16.5. The van der Waals surface area contributed by atoms with E-state index in [1.54, 1.807) is 12.3 Å². The molecule has 0 amide bonds. The molecule has 0 fully saturated rings. The molecule has 0 atom stereocenters. The molecule has 0 saturated carbocycles. The van der Waals surface area contributed by atoms with Gasteiger partial charge in [0, 0.05) is 31.9 Å². The lowest BCUT2D eigenvalue weighted by Gasteiger charge is -2.13. The minimum absolute atomic E-state index is 0.00476. The highest BCUT2D eigenvalue weighted by molar-refractivity contribution is 5.58. The molecule has 1 aliphatic rings. The normalized spacial score (nSPS) is 13.1. The monoisotopic (exact) mass is 299 g/mol. The lowest BCUT2D eigenvalue weighted by atomic mass is 10.1. The van der Waals surface area contributed by atoms with E-state index in [2.05, 4.69) is 40.4 Å². The second-order valence-corrected chi connectivity index (χ2v) is 5.45.